The Kier molecular flexibility index (Phi) is 5.77. The van der Waals surface area contributed by atoms with E-state index in [1.807, 2.05) is 30.3 Å². The fourth-order valence-corrected chi connectivity index (χ4v) is 4.47. The van der Waals surface area contributed by atoms with Crippen molar-refractivity contribution in [3.63, 3.8) is 0 Å². The highest BCUT2D eigenvalue weighted by Gasteiger charge is 2.33. The quantitative estimate of drug-likeness (QED) is 0.644. The fourth-order valence-electron chi connectivity index (χ4n) is 2.57. The highest BCUT2D eigenvalue weighted by atomic mass is 32.2. The van der Waals surface area contributed by atoms with Crippen LogP contribution in [-0.2, 0) is 21.4 Å². The van der Waals surface area contributed by atoms with Gasteiger partial charge in [-0.25, -0.2) is 4.98 Å². The number of hydrogen-bond acceptors (Lipinski definition) is 6. The first kappa shape index (κ1) is 18.6. The maximum Gasteiger partial charge on any atom is 0.280 e. The molecule has 0 unspecified atom stereocenters. The van der Waals surface area contributed by atoms with Gasteiger partial charge in [0, 0.05) is 18.5 Å². The Labute approximate surface area is 155 Å². The van der Waals surface area contributed by atoms with Gasteiger partial charge >= 0.3 is 0 Å². The number of rotatable bonds is 7. The topological polar surface area (TPSA) is 108 Å². The molecule has 1 aliphatic rings. The molecular formula is C16H17N4O4S2. The van der Waals surface area contributed by atoms with E-state index < -0.39 is 22.0 Å². The van der Waals surface area contributed by atoms with Crippen molar-refractivity contribution in [2.45, 2.75) is 12.5 Å². The Morgan fingerprint density at radius 3 is 2.81 bits per heavy atom. The van der Waals surface area contributed by atoms with Crippen LogP contribution in [0.15, 0.2) is 35.7 Å². The van der Waals surface area contributed by atoms with Crippen LogP contribution in [0.3, 0.4) is 0 Å². The number of amides is 1. The van der Waals surface area contributed by atoms with E-state index in [2.05, 4.69) is 21.2 Å². The molecule has 1 aromatic heterocycles. The van der Waals surface area contributed by atoms with E-state index in [9.17, 15) is 18.0 Å². The Bertz CT molecular complexity index is 869. The van der Waals surface area contributed by atoms with Crippen molar-refractivity contribution < 1.29 is 18.0 Å². The average Bonchev–Trinajstić information content (AvgIpc) is 3.16. The minimum absolute atomic E-state index is 0.151. The van der Waals surface area contributed by atoms with Crippen molar-refractivity contribution in [1.29, 1.82) is 0 Å². The van der Waals surface area contributed by atoms with Gasteiger partial charge in [0.05, 0.1) is 12.6 Å². The number of aromatic nitrogens is 1. The summed E-state index contributed by atoms with van der Waals surface area (Å²) >= 11 is 1.10. The predicted molar refractivity (Wildman–Crippen MR) is 95.9 cm³/mol. The summed E-state index contributed by atoms with van der Waals surface area (Å²) in [4.78, 5) is 28.1. The number of carbonyl (C=O) groups is 2. The molecule has 26 heavy (non-hydrogen) atoms. The Morgan fingerprint density at radius 2 is 2.15 bits per heavy atom. The zero-order chi connectivity index (χ0) is 18.6. The van der Waals surface area contributed by atoms with E-state index in [0.717, 1.165) is 21.2 Å². The third kappa shape index (κ3) is 4.52. The molecule has 0 saturated carbocycles. The summed E-state index contributed by atoms with van der Waals surface area (Å²) in [7, 11) is -4.00. The molecule has 1 fully saturated rings. The van der Waals surface area contributed by atoms with Gasteiger partial charge in [-0.05, 0) is 12.0 Å². The average molecular weight is 393 g/mol. The highest BCUT2D eigenvalue weighted by molar-refractivity contribution is 7.87. The number of nitrogens with zero attached hydrogens (tertiary/aromatic N) is 2. The second-order valence-corrected chi connectivity index (χ2v) is 8.26. The maximum atomic E-state index is 12.7. The summed E-state index contributed by atoms with van der Waals surface area (Å²) in [5.74, 6) is -0.799. The predicted octanol–water partition coefficient (Wildman–Crippen LogP) is 0.00349. The second-order valence-electron chi connectivity index (χ2n) is 5.69. The van der Waals surface area contributed by atoms with Gasteiger partial charge in [-0.3, -0.25) is 9.59 Å². The van der Waals surface area contributed by atoms with Crippen LogP contribution in [0.1, 0.15) is 15.4 Å². The van der Waals surface area contributed by atoms with Gasteiger partial charge in [0.15, 0.2) is 5.01 Å². The Hall–Kier alpha value is -2.14. The van der Waals surface area contributed by atoms with Crippen LogP contribution in [0.4, 0.5) is 0 Å². The van der Waals surface area contributed by atoms with Crippen LogP contribution >= 0.6 is 11.3 Å². The van der Waals surface area contributed by atoms with Crippen LogP contribution in [0.5, 0.6) is 0 Å². The molecular weight excluding hydrogens is 376 g/mol. The first-order valence-electron chi connectivity index (χ1n) is 7.89. The molecule has 10 heteroatoms. The zero-order valence-electron chi connectivity index (χ0n) is 13.7. The zero-order valence-corrected chi connectivity index (χ0v) is 15.3. The maximum absolute atomic E-state index is 12.7. The summed E-state index contributed by atoms with van der Waals surface area (Å²) in [5.41, 5.74) is 0.811. The Morgan fingerprint density at radius 1 is 1.38 bits per heavy atom. The molecule has 137 valence electrons. The van der Waals surface area contributed by atoms with Gasteiger partial charge in [-0.15, -0.1) is 11.3 Å². The van der Waals surface area contributed by atoms with Crippen LogP contribution in [0, 0.1) is 6.20 Å². The van der Waals surface area contributed by atoms with E-state index >= 15 is 0 Å². The van der Waals surface area contributed by atoms with Gasteiger partial charge < -0.3 is 5.32 Å². The van der Waals surface area contributed by atoms with Gasteiger partial charge in [-0.2, -0.15) is 17.4 Å². The first-order valence-corrected chi connectivity index (χ1v) is 10.2. The molecule has 1 aromatic carbocycles. The Balaban J connectivity index is 1.82. The molecule has 0 bridgehead atoms. The molecule has 2 aromatic rings. The monoisotopic (exact) mass is 393 g/mol. The highest BCUT2D eigenvalue weighted by Crippen LogP contribution is 2.14. The lowest BCUT2D eigenvalue weighted by atomic mass is 10.0. The first-order chi connectivity index (χ1) is 12.5. The van der Waals surface area contributed by atoms with Crippen LogP contribution in [0.25, 0.3) is 0 Å². The smallest absolute Gasteiger partial charge is 0.280 e. The van der Waals surface area contributed by atoms with E-state index in [1.54, 1.807) is 0 Å². The summed E-state index contributed by atoms with van der Waals surface area (Å²) in [5, 5.41) is 4.29. The summed E-state index contributed by atoms with van der Waals surface area (Å²) < 4.78 is 28.8. The number of nitrogens with one attached hydrogen (secondary N) is 2. The molecule has 1 aliphatic heterocycles. The number of piperazine rings is 1. The van der Waals surface area contributed by atoms with Crippen molar-refractivity contribution in [2.75, 3.05) is 19.6 Å². The third-order valence-electron chi connectivity index (χ3n) is 3.83. The van der Waals surface area contributed by atoms with E-state index in [4.69, 9.17) is 0 Å². The number of thiazole rings is 1. The minimum Gasteiger partial charge on any atom is -0.354 e. The van der Waals surface area contributed by atoms with E-state index in [0.29, 0.717) is 0 Å². The van der Waals surface area contributed by atoms with Crippen molar-refractivity contribution in [3.8, 4) is 0 Å². The van der Waals surface area contributed by atoms with Crippen LogP contribution < -0.4 is 10.0 Å². The van der Waals surface area contributed by atoms with Gasteiger partial charge in [0.25, 0.3) is 10.2 Å². The standard InChI is InChI=1S/C16H17N4O4S2/c21-14-11-20(8-6-17-14)26(23,24)19-13(10-12-4-2-1-3-5-12)15(22)16-18-7-9-25-16/h1-5,9,13,19H,6,8,10-11H2,(H,17,21)/t13-/m0/s1. The molecule has 0 spiro atoms. The number of Topliss-reactive ketones (excluding diaryl/α,β-unsaturated/α-hetero) is 1. The molecule has 1 radical (unpaired) electrons. The van der Waals surface area contributed by atoms with Crippen LogP contribution in [-0.4, -0.2) is 55.1 Å². The molecule has 1 atom stereocenters. The van der Waals surface area contributed by atoms with Crippen molar-refractivity contribution in [2.24, 2.45) is 0 Å². The molecule has 1 amide bonds. The van der Waals surface area contributed by atoms with Crippen molar-refractivity contribution in [1.82, 2.24) is 19.3 Å². The fraction of sp³-hybridized carbons (Fsp3) is 0.312. The third-order valence-corrected chi connectivity index (χ3v) is 6.15. The molecule has 8 nitrogen and oxygen atoms in total. The van der Waals surface area contributed by atoms with E-state index in [1.165, 1.54) is 5.38 Å². The summed E-state index contributed by atoms with van der Waals surface area (Å²) in [6.45, 7) is 0.115. The van der Waals surface area contributed by atoms with E-state index in [-0.39, 0.29) is 37.0 Å². The SMILES string of the molecule is O=C1CN(S(=O)(=O)N[C@@H](Cc2ccccc2)C(=O)c2n[c]cs2)CCN1. The van der Waals surface area contributed by atoms with Gasteiger partial charge in [0.1, 0.15) is 6.20 Å². The number of benzene rings is 1. The number of carbonyl (C=O) groups excluding carboxylic acids is 2. The summed E-state index contributed by atoms with van der Waals surface area (Å²) in [6, 6.07) is 8.09. The minimum atomic E-state index is -4.00. The normalized spacial score (nSPS) is 16.8. The molecule has 1 saturated heterocycles. The van der Waals surface area contributed by atoms with Crippen molar-refractivity contribution in [3.05, 3.63) is 52.5 Å². The molecule has 2 N–H and O–H groups in total. The largest absolute Gasteiger partial charge is 0.354 e. The van der Waals surface area contributed by atoms with Crippen molar-refractivity contribution >= 4 is 33.2 Å². The molecule has 0 aliphatic carbocycles. The molecule has 3 rings (SSSR count). The lowest BCUT2D eigenvalue weighted by Gasteiger charge is -2.28. The number of ketones is 1. The molecule has 2 heterocycles. The second kappa shape index (κ2) is 8.04. The van der Waals surface area contributed by atoms with Gasteiger partial charge in [0.2, 0.25) is 11.7 Å². The summed E-state index contributed by atoms with van der Waals surface area (Å²) in [6.07, 6.45) is 2.75. The number of hydrogen-bond donors (Lipinski definition) is 2. The lowest BCUT2D eigenvalue weighted by Crippen LogP contribution is -2.56. The lowest BCUT2D eigenvalue weighted by molar-refractivity contribution is -0.122. The van der Waals surface area contributed by atoms with Gasteiger partial charge in [-0.1, -0.05) is 30.3 Å². The van der Waals surface area contributed by atoms with Crippen LogP contribution in [0.2, 0.25) is 0 Å².